The minimum Gasteiger partial charge on any atom is -0.449 e. The Kier molecular flexibility index (Phi) is 6.20. The van der Waals surface area contributed by atoms with E-state index in [1.54, 1.807) is 19.2 Å². The van der Waals surface area contributed by atoms with E-state index in [2.05, 4.69) is 6.07 Å². The second-order valence-corrected chi connectivity index (χ2v) is 7.82. The van der Waals surface area contributed by atoms with E-state index in [0.717, 1.165) is 24.2 Å². The zero-order valence-corrected chi connectivity index (χ0v) is 17.2. The molecule has 0 aromatic heterocycles. The zero-order valence-electron chi connectivity index (χ0n) is 17.2. The number of amides is 3. The molecule has 1 saturated heterocycles. The van der Waals surface area contributed by atoms with Gasteiger partial charge < -0.3 is 9.64 Å². The van der Waals surface area contributed by atoms with E-state index in [9.17, 15) is 24.4 Å². The molecule has 1 saturated carbocycles. The van der Waals surface area contributed by atoms with E-state index in [-0.39, 0.29) is 30.2 Å². The Bertz CT molecular complexity index is 898. The molecule has 0 unspecified atom stereocenters. The fourth-order valence-corrected chi connectivity index (χ4v) is 4.06. The number of anilines is 1. The number of nitriles is 1. The number of hydrogen-bond donors (Lipinski definition) is 0. The number of likely N-dealkylation sites (N-methyl/N-ethyl adjacent to an activating group) is 1. The van der Waals surface area contributed by atoms with Crippen LogP contribution in [0.2, 0.25) is 0 Å². The lowest BCUT2D eigenvalue weighted by atomic mass is 9.81. The topological polar surface area (TPSA) is 108 Å². The molecule has 3 rings (SSSR count). The highest BCUT2D eigenvalue weighted by Gasteiger charge is 2.41. The second-order valence-electron chi connectivity index (χ2n) is 7.82. The summed E-state index contributed by atoms with van der Waals surface area (Å²) in [7, 11) is 1.58. The summed E-state index contributed by atoms with van der Waals surface area (Å²) in [6, 6.07) is 8.30. The molecule has 3 amide bonds. The zero-order chi connectivity index (χ0) is 21.9. The SMILES string of the molecule is C[C@@H](OC(=O)c1cccc(N2C(=O)CCC2=O)c1)C(=O)N(C)C1(C#N)CCCCC1. The summed E-state index contributed by atoms with van der Waals surface area (Å²) >= 11 is 0. The van der Waals surface area contributed by atoms with Gasteiger partial charge in [-0.05, 0) is 38.0 Å². The highest BCUT2D eigenvalue weighted by molar-refractivity contribution is 6.20. The molecule has 30 heavy (non-hydrogen) atoms. The van der Waals surface area contributed by atoms with Crippen molar-refractivity contribution in [3.63, 3.8) is 0 Å². The average Bonchev–Trinajstić information content (AvgIpc) is 3.11. The van der Waals surface area contributed by atoms with Crippen molar-refractivity contribution < 1.29 is 23.9 Å². The first-order valence-electron chi connectivity index (χ1n) is 10.1. The summed E-state index contributed by atoms with van der Waals surface area (Å²) in [6.45, 7) is 1.47. The Labute approximate surface area is 175 Å². The Morgan fingerprint density at radius 1 is 1.17 bits per heavy atom. The summed E-state index contributed by atoms with van der Waals surface area (Å²) in [6.07, 6.45) is 3.21. The fourth-order valence-electron chi connectivity index (χ4n) is 4.06. The van der Waals surface area contributed by atoms with Crippen LogP contribution in [0, 0.1) is 11.3 Å². The number of carbonyl (C=O) groups excluding carboxylic acids is 4. The van der Waals surface area contributed by atoms with Crippen LogP contribution in [0.4, 0.5) is 5.69 Å². The lowest BCUT2D eigenvalue weighted by molar-refractivity contribution is -0.143. The molecule has 1 atom stereocenters. The third kappa shape index (κ3) is 4.06. The molecule has 0 spiro atoms. The summed E-state index contributed by atoms with van der Waals surface area (Å²) in [5.74, 6) is -1.80. The molecule has 158 valence electrons. The monoisotopic (exact) mass is 411 g/mol. The first kappa shape index (κ1) is 21.5. The minimum absolute atomic E-state index is 0.134. The van der Waals surface area contributed by atoms with Gasteiger partial charge in [0.2, 0.25) is 11.8 Å². The van der Waals surface area contributed by atoms with Crippen molar-refractivity contribution in [3.05, 3.63) is 29.8 Å². The predicted molar refractivity (Wildman–Crippen MR) is 107 cm³/mol. The van der Waals surface area contributed by atoms with E-state index in [4.69, 9.17) is 4.74 Å². The van der Waals surface area contributed by atoms with Crippen LogP contribution in [0.3, 0.4) is 0 Å². The van der Waals surface area contributed by atoms with Crippen LogP contribution in [-0.2, 0) is 19.1 Å². The minimum atomic E-state index is -1.08. The summed E-state index contributed by atoms with van der Waals surface area (Å²) in [5, 5.41) is 9.67. The molecular formula is C22H25N3O5. The van der Waals surface area contributed by atoms with E-state index in [1.165, 1.54) is 24.0 Å². The molecule has 1 aromatic carbocycles. The van der Waals surface area contributed by atoms with Gasteiger partial charge >= 0.3 is 5.97 Å². The Hall–Kier alpha value is -3.21. The van der Waals surface area contributed by atoms with E-state index in [1.807, 2.05) is 0 Å². The van der Waals surface area contributed by atoms with Crippen molar-refractivity contribution in [2.45, 2.75) is 63.5 Å². The first-order chi connectivity index (χ1) is 14.3. The molecule has 8 nitrogen and oxygen atoms in total. The van der Waals surface area contributed by atoms with Gasteiger partial charge in [0.15, 0.2) is 6.10 Å². The largest absolute Gasteiger partial charge is 0.449 e. The molecule has 1 heterocycles. The molecule has 0 bridgehead atoms. The maximum Gasteiger partial charge on any atom is 0.338 e. The van der Waals surface area contributed by atoms with Gasteiger partial charge in [-0.15, -0.1) is 0 Å². The Morgan fingerprint density at radius 3 is 2.40 bits per heavy atom. The van der Waals surface area contributed by atoms with Crippen LogP contribution < -0.4 is 4.90 Å². The van der Waals surface area contributed by atoms with Gasteiger partial charge in [-0.2, -0.15) is 5.26 Å². The van der Waals surface area contributed by atoms with Gasteiger partial charge in [0.25, 0.3) is 5.91 Å². The van der Waals surface area contributed by atoms with Gasteiger partial charge in [-0.3, -0.25) is 19.3 Å². The van der Waals surface area contributed by atoms with Gasteiger partial charge in [-0.25, -0.2) is 4.79 Å². The van der Waals surface area contributed by atoms with Gasteiger partial charge in [-0.1, -0.05) is 25.3 Å². The average molecular weight is 411 g/mol. The number of nitrogens with zero attached hydrogens (tertiary/aromatic N) is 3. The lowest BCUT2D eigenvalue weighted by Crippen LogP contribution is -2.53. The van der Waals surface area contributed by atoms with Gasteiger partial charge in [0, 0.05) is 19.9 Å². The number of hydrogen-bond acceptors (Lipinski definition) is 6. The van der Waals surface area contributed by atoms with Crippen LogP contribution in [0.25, 0.3) is 0 Å². The quantitative estimate of drug-likeness (QED) is 0.544. The van der Waals surface area contributed by atoms with Crippen molar-refractivity contribution in [1.82, 2.24) is 4.90 Å². The number of imide groups is 1. The Morgan fingerprint density at radius 2 is 1.80 bits per heavy atom. The smallest absolute Gasteiger partial charge is 0.338 e. The van der Waals surface area contributed by atoms with E-state index < -0.39 is 23.5 Å². The fraction of sp³-hybridized carbons (Fsp3) is 0.500. The number of rotatable bonds is 5. The van der Waals surface area contributed by atoms with Crippen molar-refractivity contribution in [1.29, 1.82) is 5.26 Å². The maximum absolute atomic E-state index is 12.8. The van der Waals surface area contributed by atoms with Crippen molar-refractivity contribution in [2.75, 3.05) is 11.9 Å². The van der Waals surface area contributed by atoms with E-state index >= 15 is 0 Å². The van der Waals surface area contributed by atoms with Gasteiger partial charge in [0.1, 0.15) is 5.54 Å². The highest BCUT2D eigenvalue weighted by Crippen LogP contribution is 2.33. The molecular weight excluding hydrogens is 386 g/mol. The summed E-state index contributed by atoms with van der Waals surface area (Å²) in [4.78, 5) is 51.7. The van der Waals surface area contributed by atoms with Crippen LogP contribution in [0.15, 0.2) is 24.3 Å². The second kappa shape index (κ2) is 8.66. The van der Waals surface area contributed by atoms with Crippen LogP contribution in [0.5, 0.6) is 0 Å². The molecule has 1 aromatic rings. The number of esters is 1. The molecule has 1 aliphatic heterocycles. The highest BCUT2D eigenvalue weighted by atomic mass is 16.5. The normalized spacial score (nSPS) is 19.2. The van der Waals surface area contributed by atoms with Crippen LogP contribution in [-0.4, -0.2) is 47.3 Å². The molecule has 0 N–H and O–H groups in total. The lowest BCUT2D eigenvalue weighted by Gasteiger charge is -2.39. The summed E-state index contributed by atoms with van der Waals surface area (Å²) in [5.41, 5.74) is -0.430. The van der Waals surface area contributed by atoms with E-state index in [0.29, 0.717) is 18.5 Å². The first-order valence-corrected chi connectivity index (χ1v) is 10.1. The molecule has 0 radical (unpaired) electrons. The number of ether oxygens (including phenoxy) is 1. The molecule has 8 heteroatoms. The standard InChI is InChI=1S/C22H25N3O5/c1-15(20(28)24(2)22(14-23)11-4-3-5-12-22)30-21(29)16-7-6-8-17(13-16)25-18(26)9-10-19(25)27/h6-8,13,15H,3-5,9-12H2,1-2H3/t15-/m1/s1. The molecule has 1 aliphatic carbocycles. The molecule has 2 aliphatic rings. The van der Waals surface area contributed by atoms with Gasteiger partial charge in [0.05, 0.1) is 17.3 Å². The predicted octanol–water partition coefficient (Wildman–Crippen LogP) is 2.57. The number of carbonyl (C=O) groups is 4. The van der Waals surface area contributed by atoms with Crippen molar-refractivity contribution in [2.24, 2.45) is 0 Å². The molecule has 2 fully saturated rings. The van der Waals surface area contributed by atoms with Crippen molar-refractivity contribution in [3.8, 4) is 6.07 Å². The maximum atomic E-state index is 12.8. The van der Waals surface area contributed by atoms with Crippen LogP contribution >= 0.6 is 0 Å². The third-order valence-corrected chi connectivity index (χ3v) is 5.88. The number of benzene rings is 1. The third-order valence-electron chi connectivity index (χ3n) is 5.88. The Balaban J connectivity index is 1.70. The van der Waals surface area contributed by atoms with Crippen molar-refractivity contribution >= 4 is 29.4 Å². The summed E-state index contributed by atoms with van der Waals surface area (Å²) < 4.78 is 5.34. The van der Waals surface area contributed by atoms with Crippen LogP contribution in [0.1, 0.15) is 62.2 Å².